The summed E-state index contributed by atoms with van der Waals surface area (Å²) in [5.41, 5.74) is 2.85. The van der Waals surface area contributed by atoms with Gasteiger partial charge in [-0.25, -0.2) is 15.2 Å². The summed E-state index contributed by atoms with van der Waals surface area (Å²) in [6, 6.07) is 6.74. The standard InChI is InChI=1S/C12H17FN4/c13-10-7-3-4-8-11(10)16-12(17-14)15-9-5-1-2-6-9/h3-4,7-9H,1-2,5-6,14H2,(H2,15,16,17). The Kier molecular flexibility index (Phi) is 3.93. The Labute approximate surface area is 100 Å². The summed E-state index contributed by atoms with van der Waals surface area (Å²) < 4.78 is 13.4. The molecule has 0 heterocycles. The second kappa shape index (κ2) is 5.63. The maximum atomic E-state index is 13.4. The Bertz CT molecular complexity index is 399. The van der Waals surface area contributed by atoms with Crippen molar-refractivity contribution in [3.05, 3.63) is 30.1 Å². The van der Waals surface area contributed by atoms with Crippen LogP contribution in [0.5, 0.6) is 0 Å². The lowest BCUT2D eigenvalue weighted by molar-refractivity contribution is 0.631. The molecule has 17 heavy (non-hydrogen) atoms. The highest BCUT2D eigenvalue weighted by Crippen LogP contribution is 2.21. The zero-order valence-corrected chi connectivity index (χ0v) is 9.62. The van der Waals surface area contributed by atoms with Crippen molar-refractivity contribution in [2.75, 3.05) is 5.32 Å². The molecule has 2 rings (SSSR count). The lowest BCUT2D eigenvalue weighted by Crippen LogP contribution is -2.37. The number of nitrogens with one attached hydrogen (secondary N) is 2. The van der Waals surface area contributed by atoms with Crippen molar-refractivity contribution >= 4 is 11.6 Å². The molecule has 5 heteroatoms. The summed E-state index contributed by atoms with van der Waals surface area (Å²) in [5, 5.41) is 2.86. The van der Waals surface area contributed by atoms with Gasteiger partial charge in [-0.05, 0) is 25.0 Å². The molecule has 0 spiro atoms. The van der Waals surface area contributed by atoms with E-state index in [1.165, 1.54) is 18.9 Å². The fourth-order valence-electron chi connectivity index (χ4n) is 2.01. The van der Waals surface area contributed by atoms with Crippen LogP contribution in [0, 0.1) is 5.82 Å². The van der Waals surface area contributed by atoms with Crippen LogP contribution in [0.3, 0.4) is 0 Å². The number of nitrogens with two attached hydrogens (primary N) is 1. The van der Waals surface area contributed by atoms with Crippen molar-refractivity contribution in [3.8, 4) is 0 Å². The second-order valence-electron chi connectivity index (χ2n) is 4.17. The average molecular weight is 236 g/mol. The minimum Gasteiger partial charge on any atom is -0.323 e. The van der Waals surface area contributed by atoms with Gasteiger partial charge in [0.15, 0.2) is 0 Å². The molecular formula is C12H17FN4. The van der Waals surface area contributed by atoms with E-state index in [1.54, 1.807) is 18.2 Å². The van der Waals surface area contributed by atoms with Gasteiger partial charge >= 0.3 is 0 Å². The highest BCUT2D eigenvalue weighted by atomic mass is 19.1. The van der Waals surface area contributed by atoms with E-state index < -0.39 is 0 Å². The topological polar surface area (TPSA) is 62.4 Å². The van der Waals surface area contributed by atoms with Gasteiger partial charge in [0.25, 0.3) is 0 Å². The van der Waals surface area contributed by atoms with Gasteiger partial charge in [-0.15, -0.1) is 0 Å². The van der Waals surface area contributed by atoms with Crippen LogP contribution in [-0.2, 0) is 0 Å². The zero-order chi connectivity index (χ0) is 12.1. The Morgan fingerprint density at radius 3 is 2.65 bits per heavy atom. The summed E-state index contributed by atoms with van der Waals surface area (Å²) in [7, 11) is 0. The Morgan fingerprint density at radius 1 is 1.29 bits per heavy atom. The van der Waals surface area contributed by atoms with Gasteiger partial charge in [0.1, 0.15) is 5.82 Å². The number of hydrogen-bond acceptors (Lipinski definition) is 2. The second-order valence-corrected chi connectivity index (χ2v) is 4.17. The fourth-order valence-corrected chi connectivity index (χ4v) is 2.01. The Hall–Kier alpha value is -1.62. The number of nitrogens with zero attached hydrogens (tertiary/aromatic N) is 1. The first-order chi connectivity index (χ1) is 8.29. The fraction of sp³-hybridized carbons (Fsp3) is 0.417. The molecule has 0 aliphatic heterocycles. The summed E-state index contributed by atoms with van der Waals surface area (Å²) in [6.45, 7) is 0. The molecule has 4 N–H and O–H groups in total. The van der Waals surface area contributed by atoms with E-state index in [4.69, 9.17) is 5.84 Å². The number of halogens is 1. The van der Waals surface area contributed by atoms with Crippen LogP contribution in [0.4, 0.5) is 10.1 Å². The average Bonchev–Trinajstić information content (AvgIpc) is 2.84. The van der Waals surface area contributed by atoms with Gasteiger partial charge in [0, 0.05) is 0 Å². The number of anilines is 1. The Morgan fingerprint density at radius 2 is 2.00 bits per heavy atom. The highest BCUT2D eigenvalue weighted by Gasteiger charge is 2.14. The summed E-state index contributed by atoms with van der Waals surface area (Å²) in [6.07, 6.45) is 4.55. The molecule has 0 bridgehead atoms. The molecule has 4 nitrogen and oxygen atoms in total. The maximum Gasteiger partial charge on any atom is 0.210 e. The number of hydrogen-bond donors (Lipinski definition) is 3. The van der Waals surface area contributed by atoms with Crippen molar-refractivity contribution in [1.82, 2.24) is 5.43 Å². The third-order valence-corrected chi connectivity index (χ3v) is 2.90. The van der Waals surface area contributed by atoms with E-state index in [0.717, 1.165) is 12.8 Å². The van der Waals surface area contributed by atoms with E-state index in [9.17, 15) is 4.39 Å². The van der Waals surface area contributed by atoms with Crippen LogP contribution < -0.4 is 16.6 Å². The maximum absolute atomic E-state index is 13.4. The van der Waals surface area contributed by atoms with Crippen LogP contribution >= 0.6 is 0 Å². The van der Waals surface area contributed by atoms with E-state index in [2.05, 4.69) is 15.7 Å². The molecule has 0 atom stereocenters. The number of aliphatic imine (C=N–C) groups is 1. The highest BCUT2D eigenvalue weighted by molar-refractivity contribution is 5.93. The Balaban J connectivity index is 2.06. The lowest BCUT2D eigenvalue weighted by atomic mass is 10.3. The third kappa shape index (κ3) is 3.17. The molecule has 1 fully saturated rings. The molecule has 1 aliphatic carbocycles. The van der Waals surface area contributed by atoms with Crippen molar-refractivity contribution in [3.63, 3.8) is 0 Å². The molecule has 1 aliphatic rings. The molecule has 0 aromatic heterocycles. The first kappa shape index (κ1) is 11.9. The monoisotopic (exact) mass is 236 g/mol. The van der Waals surface area contributed by atoms with Gasteiger partial charge in [0.05, 0.1) is 11.7 Å². The van der Waals surface area contributed by atoms with Gasteiger partial charge in [-0.3, -0.25) is 5.43 Å². The number of rotatable bonds is 2. The summed E-state index contributed by atoms with van der Waals surface area (Å²) in [4.78, 5) is 4.43. The third-order valence-electron chi connectivity index (χ3n) is 2.90. The minimum absolute atomic E-state index is 0.292. The quantitative estimate of drug-likeness (QED) is 0.318. The number of guanidine groups is 1. The molecule has 0 unspecified atom stereocenters. The summed E-state index contributed by atoms with van der Waals surface area (Å²) >= 11 is 0. The van der Waals surface area contributed by atoms with Gasteiger partial charge in [-0.1, -0.05) is 25.0 Å². The van der Waals surface area contributed by atoms with Crippen molar-refractivity contribution in [1.29, 1.82) is 0 Å². The molecule has 1 saturated carbocycles. The largest absolute Gasteiger partial charge is 0.323 e. The van der Waals surface area contributed by atoms with Crippen LogP contribution in [0.2, 0.25) is 0 Å². The van der Waals surface area contributed by atoms with Gasteiger partial charge < -0.3 is 5.32 Å². The summed E-state index contributed by atoms with van der Waals surface area (Å²) in [5.74, 6) is 5.48. The number of para-hydroxylation sites is 1. The van der Waals surface area contributed by atoms with Crippen LogP contribution in [0.25, 0.3) is 0 Å². The predicted octanol–water partition coefficient (Wildman–Crippen LogP) is 2.00. The predicted molar refractivity (Wildman–Crippen MR) is 67.0 cm³/mol. The number of benzene rings is 1. The number of hydrazine groups is 1. The first-order valence-corrected chi connectivity index (χ1v) is 5.85. The molecule has 0 amide bonds. The van der Waals surface area contributed by atoms with Gasteiger partial charge in [-0.2, -0.15) is 0 Å². The van der Waals surface area contributed by atoms with E-state index in [0.29, 0.717) is 17.7 Å². The molecule has 0 saturated heterocycles. The SMILES string of the molecule is NNC(=NC1CCCC1)Nc1ccccc1F. The van der Waals surface area contributed by atoms with E-state index in [1.807, 2.05) is 0 Å². The molecule has 92 valence electrons. The normalized spacial score (nSPS) is 17.2. The van der Waals surface area contributed by atoms with Gasteiger partial charge in [0.2, 0.25) is 5.96 Å². The molecule has 0 radical (unpaired) electrons. The zero-order valence-electron chi connectivity index (χ0n) is 9.62. The molecular weight excluding hydrogens is 219 g/mol. The van der Waals surface area contributed by atoms with E-state index in [-0.39, 0.29) is 5.82 Å². The molecule has 1 aromatic carbocycles. The first-order valence-electron chi connectivity index (χ1n) is 5.85. The molecule has 1 aromatic rings. The smallest absolute Gasteiger partial charge is 0.210 e. The minimum atomic E-state index is -0.318. The van der Waals surface area contributed by atoms with Crippen LogP contribution in [0.15, 0.2) is 29.3 Å². The van der Waals surface area contributed by atoms with Crippen LogP contribution in [-0.4, -0.2) is 12.0 Å². The van der Waals surface area contributed by atoms with E-state index >= 15 is 0 Å². The van der Waals surface area contributed by atoms with Crippen molar-refractivity contribution in [2.45, 2.75) is 31.7 Å². The van der Waals surface area contributed by atoms with Crippen LogP contribution in [0.1, 0.15) is 25.7 Å². The van der Waals surface area contributed by atoms with Crippen molar-refractivity contribution < 1.29 is 4.39 Å². The van der Waals surface area contributed by atoms with Crippen molar-refractivity contribution in [2.24, 2.45) is 10.8 Å². The lowest BCUT2D eigenvalue weighted by Gasteiger charge is -2.12.